The third kappa shape index (κ3) is 7.18. The normalized spacial score (nSPS) is 14.1. The lowest BCUT2D eigenvalue weighted by Gasteiger charge is -2.23. The molecule has 4 aromatic rings. The van der Waals surface area contributed by atoms with Gasteiger partial charge in [-0.1, -0.05) is 62.4 Å². The number of hydrogen-bond donors (Lipinski definition) is 3. The van der Waals surface area contributed by atoms with Crippen molar-refractivity contribution in [2.75, 3.05) is 0 Å². The van der Waals surface area contributed by atoms with E-state index >= 15 is 0 Å². The Balaban J connectivity index is 1.43. The van der Waals surface area contributed by atoms with Crippen molar-refractivity contribution in [1.29, 1.82) is 0 Å². The molecular weight excluding hydrogens is 546 g/mol. The van der Waals surface area contributed by atoms with Crippen molar-refractivity contribution in [3.8, 4) is 0 Å². The van der Waals surface area contributed by atoms with Crippen LogP contribution < -0.4 is 15.8 Å². The fraction of sp³-hybridized carbons (Fsp3) is 0.300. The summed E-state index contributed by atoms with van der Waals surface area (Å²) < 4.78 is 39.6. The Bertz CT molecular complexity index is 1670. The first kappa shape index (κ1) is 29.9. The number of Topliss-reactive ketones (excluding diaryl/α,β-unsaturated/α-hetero) is 2. The molecule has 0 saturated carbocycles. The van der Waals surface area contributed by atoms with Crippen molar-refractivity contribution in [2.24, 2.45) is 11.7 Å². The minimum Gasteiger partial charge on any atom is -0.456 e. The van der Waals surface area contributed by atoms with Crippen LogP contribution in [-0.4, -0.2) is 44.2 Å². The maximum atomic E-state index is 13.2. The highest BCUT2D eigenvalue weighted by Crippen LogP contribution is 2.30. The Labute approximate surface area is 238 Å². The van der Waals surface area contributed by atoms with Crippen LogP contribution in [0.3, 0.4) is 0 Å². The van der Waals surface area contributed by atoms with E-state index in [9.17, 15) is 22.8 Å². The molecule has 0 aliphatic heterocycles. The Morgan fingerprint density at radius 2 is 1.54 bits per heavy atom. The number of ether oxygens (including phenoxy) is 1. The Kier molecular flexibility index (Phi) is 9.21. The monoisotopic (exact) mass is 579 g/mol. The van der Waals surface area contributed by atoms with Crippen molar-refractivity contribution in [3.63, 3.8) is 0 Å². The van der Waals surface area contributed by atoms with Crippen molar-refractivity contribution in [1.82, 2.24) is 10.0 Å². The Hall–Kier alpha value is -4.06. The van der Waals surface area contributed by atoms with Gasteiger partial charge in [-0.2, -0.15) is 0 Å². The zero-order chi connectivity index (χ0) is 29.7. The van der Waals surface area contributed by atoms with Crippen LogP contribution in [0.5, 0.6) is 0 Å². The molecule has 41 heavy (non-hydrogen) atoms. The highest BCUT2D eigenvalue weighted by molar-refractivity contribution is 7.89. The van der Waals surface area contributed by atoms with Crippen LogP contribution >= 0.6 is 0 Å². The van der Waals surface area contributed by atoms with Gasteiger partial charge in [-0.05, 0) is 49.1 Å². The average Bonchev–Trinajstić information content (AvgIpc) is 3.32. The molecule has 1 heterocycles. The van der Waals surface area contributed by atoms with Gasteiger partial charge in [0.2, 0.25) is 10.0 Å². The van der Waals surface area contributed by atoms with Gasteiger partial charge in [-0.25, -0.2) is 17.9 Å². The number of para-hydroxylation sites is 1. The third-order valence-electron chi connectivity index (χ3n) is 6.59. The molecule has 0 aliphatic rings. The molecular formula is C30H33N3O7S. The summed E-state index contributed by atoms with van der Waals surface area (Å²) in [6.07, 6.45) is -0.623. The van der Waals surface area contributed by atoms with Gasteiger partial charge in [-0.3, -0.25) is 9.59 Å². The molecule has 0 fully saturated rings. The maximum absolute atomic E-state index is 13.2. The molecule has 0 spiro atoms. The number of amides is 1. The van der Waals surface area contributed by atoms with Crippen molar-refractivity contribution in [2.45, 2.75) is 56.8 Å². The number of nitrogens with two attached hydrogens (primary N) is 1. The van der Waals surface area contributed by atoms with Crippen LogP contribution in [0.4, 0.5) is 4.79 Å². The first-order valence-corrected chi connectivity index (χ1v) is 14.7. The summed E-state index contributed by atoms with van der Waals surface area (Å²) in [6.45, 7) is 5.01. The smallest absolute Gasteiger partial charge is 0.408 e. The standard InChI is InChI=1S/C30H33N3O7S/c1-18(2)15-24(32-30(36)39-17-20-9-5-4-6-10-20)29(35)27(31)28(34)19(3)33-41(37,38)21-13-14-26-23(16-21)22-11-7-8-12-25(22)40-26/h4-14,16,18-19,24,27,33H,15,17,31H2,1-3H3,(H,32,36)/t19?,24-,27+/m0/s1. The molecule has 0 aliphatic carbocycles. The molecule has 4 rings (SSSR count). The predicted octanol–water partition coefficient (Wildman–Crippen LogP) is 4.06. The fourth-order valence-corrected chi connectivity index (χ4v) is 5.72. The van der Waals surface area contributed by atoms with E-state index in [-0.39, 0.29) is 23.8 Å². The van der Waals surface area contributed by atoms with Crippen LogP contribution in [-0.2, 0) is 31.0 Å². The van der Waals surface area contributed by atoms with Crippen LogP contribution in [0.15, 0.2) is 82.1 Å². The lowest BCUT2D eigenvalue weighted by atomic mass is 9.93. The minimum atomic E-state index is -4.16. The van der Waals surface area contributed by atoms with Crippen molar-refractivity contribution < 1.29 is 32.0 Å². The summed E-state index contributed by atoms with van der Waals surface area (Å²) in [7, 11) is -4.16. The third-order valence-corrected chi connectivity index (χ3v) is 8.12. The number of sulfonamides is 1. The van der Waals surface area contributed by atoms with Gasteiger partial charge >= 0.3 is 6.09 Å². The van der Waals surface area contributed by atoms with E-state index in [2.05, 4.69) is 10.0 Å². The van der Waals surface area contributed by atoms with E-state index in [0.717, 1.165) is 10.9 Å². The number of hydrogen-bond acceptors (Lipinski definition) is 8. The zero-order valence-electron chi connectivity index (χ0n) is 23.0. The number of benzene rings is 3. The van der Waals surface area contributed by atoms with Crippen molar-refractivity contribution in [3.05, 3.63) is 78.4 Å². The highest BCUT2D eigenvalue weighted by Gasteiger charge is 2.35. The number of carbonyl (C=O) groups is 3. The largest absolute Gasteiger partial charge is 0.456 e. The molecule has 3 atom stereocenters. The Morgan fingerprint density at radius 3 is 2.24 bits per heavy atom. The van der Waals surface area contributed by atoms with Gasteiger partial charge in [0.15, 0.2) is 11.6 Å². The number of alkyl carbamates (subject to hydrolysis) is 1. The summed E-state index contributed by atoms with van der Waals surface area (Å²) in [4.78, 5) is 38.7. The molecule has 216 valence electrons. The first-order chi connectivity index (χ1) is 19.5. The molecule has 1 unspecified atom stereocenters. The maximum Gasteiger partial charge on any atom is 0.408 e. The molecule has 1 amide bonds. The van der Waals surface area contributed by atoms with Gasteiger partial charge in [-0.15, -0.1) is 0 Å². The lowest BCUT2D eigenvalue weighted by molar-refractivity contribution is -0.131. The highest BCUT2D eigenvalue weighted by atomic mass is 32.2. The molecule has 0 radical (unpaired) electrons. The minimum absolute atomic E-state index is 0.000532. The molecule has 10 nitrogen and oxygen atoms in total. The summed E-state index contributed by atoms with van der Waals surface area (Å²) in [5, 5.41) is 3.87. The van der Waals surface area contributed by atoms with Gasteiger partial charge in [0.1, 0.15) is 23.8 Å². The Morgan fingerprint density at radius 1 is 0.878 bits per heavy atom. The molecule has 3 aromatic carbocycles. The van der Waals surface area contributed by atoms with Gasteiger partial charge in [0, 0.05) is 10.8 Å². The van der Waals surface area contributed by atoms with E-state index in [1.807, 2.05) is 38.1 Å². The SMILES string of the molecule is CC(C)C[C@H](NC(=O)OCc1ccccc1)C(=O)[C@H](N)C(=O)C(C)NS(=O)(=O)c1ccc2oc3ccccc3c2c1. The summed E-state index contributed by atoms with van der Waals surface area (Å²) in [5.41, 5.74) is 7.93. The lowest BCUT2D eigenvalue weighted by Crippen LogP contribution is -2.55. The summed E-state index contributed by atoms with van der Waals surface area (Å²) in [6, 6.07) is 16.6. The van der Waals surface area contributed by atoms with E-state index in [4.69, 9.17) is 14.9 Å². The second kappa shape index (κ2) is 12.6. The van der Waals surface area contributed by atoms with Gasteiger partial charge in [0.05, 0.1) is 17.0 Å². The molecule has 11 heteroatoms. The average molecular weight is 580 g/mol. The number of fused-ring (bicyclic) bond motifs is 3. The van der Waals surface area contributed by atoms with Crippen LogP contribution in [0.1, 0.15) is 32.8 Å². The van der Waals surface area contributed by atoms with Gasteiger partial charge < -0.3 is 20.2 Å². The summed E-state index contributed by atoms with van der Waals surface area (Å²) in [5.74, 6) is -1.59. The van der Waals surface area contributed by atoms with Crippen molar-refractivity contribution >= 4 is 49.6 Å². The predicted molar refractivity (Wildman–Crippen MR) is 154 cm³/mol. The molecule has 0 bridgehead atoms. The molecule has 0 saturated heterocycles. The number of rotatable bonds is 12. The fourth-order valence-electron chi connectivity index (χ4n) is 4.48. The summed E-state index contributed by atoms with van der Waals surface area (Å²) >= 11 is 0. The van der Waals surface area contributed by atoms with E-state index in [1.54, 1.807) is 36.4 Å². The van der Waals surface area contributed by atoms with Crippen LogP contribution in [0, 0.1) is 5.92 Å². The number of nitrogens with one attached hydrogen (secondary N) is 2. The van der Waals surface area contributed by atoms with Crippen LogP contribution in [0.25, 0.3) is 21.9 Å². The number of furan rings is 1. The van der Waals surface area contributed by atoms with Gasteiger partial charge in [0.25, 0.3) is 0 Å². The van der Waals surface area contributed by atoms with E-state index in [1.165, 1.54) is 19.1 Å². The first-order valence-electron chi connectivity index (χ1n) is 13.2. The quantitative estimate of drug-likeness (QED) is 0.212. The zero-order valence-corrected chi connectivity index (χ0v) is 23.8. The second-order valence-electron chi connectivity index (χ2n) is 10.3. The van der Waals surface area contributed by atoms with Crippen LogP contribution in [0.2, 0.25) is 0 Å². The number of carbonyl (C=O) groups excluding carboxylic acids is 3. The topological polar surface area (TPSA) is 158 Å². The van der Waals surface area contributed by atoms with E-state index < -0.39 is 45.8 Å². The molecule has 1 aromatic heterocycles. The molecule has 4 N–H and O–H groups in total. The second-order valence-corrected chi connectivity index (χ2v) is 12.0. The number of ketones is 2. The van der Waals surface area contributed by atoms with E-state index in [0.29, 0.717) is 16.6 Å².